The molecule has 1 saturated heterocycles. The first-order valence-corrected chi connectivity index (χ1v) is 12.0. The largest absolute Gasteiger partial charge is 0.502 e. The fourth-order valence-electron chi connectivity index (χ4n) is 4.90. The van der Waals surface area contributed by atoms with Gasteiger partial charge in [-0.05, 0) is 37.6 Å². The van der Waals surface area contributed by atoms with Crippen LogP contribution in [0.2, 0.25) is 0 Å². The zero-order chi connectivity index (χ0) is 24.9. The third-order valence-electron chi connectivity index (χ3n) is 6.91. The van der Waals surface area contributed by atoms with Crippen molar-refractivity contribution in [3.05, 3.63) is 62.5 Å². The zero-order valence-electron chi connectivity index (χ0n) is 19.2. The SMILES string of the molecule is CN1C(=O)c2c(O)c(=O)c(-c3nnc(Cc4ccc(F)cc4F)s3)cn2N(C)C12CCCNCC2. The Morgan fingerprint density at radius 1 is 1.17 bits per heavy atom. The second kappa shape index (κ2) is 8.68. The van der Waals surface area contributed by atoms with Crippen LogP contribution < -0.4 is 15.8 Å². The van der Waals surface area contributed by atoms with E-state index >= 15 is 0 Å². The summed E-state index contributed by atoms with van der Waals surface area (Å²) in [6.45, 7) is 1.56. The predicted octanol–water partition coefficient (Wildman–Crippen LogP) is 2.06. The van der Waals surface area contributed by atoms with Gasteiger partial charge in [-0.1, -0.05) is 17.4 Å². The van der Waals surface area contributed by atoms with Crippen molar-refractivity contribution in [2.75, 3.05) is 32.2 Å². The van der Waals surface area contributed by atoms with Crippen molar-refractivity contribution in [2.45, 2.75) is 31.3 Å². The van der Waals surface area contributed by atoms with E-state index < -0.39 is 34.4 Å². The molecule has 1 spiro atoms. The number of aromatic hydroxyl groups is 1. The van der Waals surface area contributed by atoms with E-state index in [0.29, 0.717) is 17.8 Å². The molecule has 1 atom stereocenters. The van der Waals surface area contributed by atoms with Gasteiger partial charge in [-0.3, -0.25) is 19.3 Å². The van der Waals surface area contributed by atoms with Crippen molar-refractivity contribution in [2.24, 2.45) is 0 Å². The normalized spacial score (nSPS) is 20.3. The third kappa shape index (κ3) is 3.76. The summed E-state index contributed by atoms with van der Waals surface area (Å²) < 4.78 is 28.8. The van der Waals surface area contributed by atoms with Crippen LogP contribution >= 0.6 is 11.3 Å². The molecule has 1 amide bonds. The van der Waals surface area contributed by atoms with Gasteiger partial charge >= 0.3 is 0 Å². The Morgan fingerprint density at radius 3 is 2.74 bits per heavy atom. The quantitative estimate of drug-likeness (QED) is 0.565. The van der Waals surface area contributed by atoms with Crippen LogP contribution in [0.25, 0.3) is 10.6 Å². The molecule has 0 aliphatic carbocycles. The highest BCUT2D eigenvalue weighted by molar-refractivity contribution is 7.14. The zero-order valence-corrected chi connectivity index (χ0v) is 20.0. The first kappa shape index (κ1) is 23.4. The van der Waals surface area contributed by atoms with Gasteiger partial charge in [0, 0.05) is 39.2 Å². The van der Waals surface area contributed by atoms with E-state index in [1.54, 1.807) is 11.9 Å². The summed E-state index contributed by atoms with van der Waals surface area (Å²) in [7, 11) is 3.52. The predicted molar refractivity (Wildman–Crippen MR) is 126 cm³/mol. The number of rotatable bonds is 3. The second-order valence-corrected chi connectivity index (χ2v) is 9.86. The number of nitrogens with zero attached hydrogens (tertiary/aromatic N) is 5. The summed E-state index contributed by atoms with van der Waals surface area (Å²) in [6.07, 6.45) is 3.81. The maximum Gasteiger partial charge on any atom is 0.278 e. The van der Waals surface area contributed by atoms with Crippen LogP contribution in [-0.4, -0.2) is 63.6 Å². The monoisotopic (exact) mass is 502 g/mol. The lowest BCUT2D eigenvalue weighted by Crippen LogP contribution is -2.68. The van der Waals surface area contributed by atoms with E-state index in [1.165, 1.54) is 16.9 Å². The van der Waals surface area contributed by atoms with Crippen molar-refractivity contribution in [1.82, 2.24) is 25.1 Å². The lowest BCUT2D eigenvalue weighted by atomic mass is 9.96. The highest BCUT2D eigenvalue weighted by Gasteiger charge is 2.48. The average molecular weight is 503 g/mol. The lowest BCUT2D eigenvalue weighted by molar-refractivity contribution is 0.0341. The molecule has 1 aromatic carbocycles. The molecule has 0 saturated carbocycles. The van der Waals surface area contributed by atoms with Crippen molar-refractivity contribution in [1.29, 1.82) is 0 Å². The fraction of sp³-hybridized carbons (Fsp3) is 0.391. The molecular formula is C23H24F2N6O3S. The third-order valence-corrected chi connectivity index (χ3v) is 7.87. The standard InChI is InChI=1S/C23H24F2N6O3S/c1-29-22(34)18-20(33)19(32)15(12-31(18)30(2)23(29)6-3-8-26-9-7-23)21-28-27-17(35-21)10-13-4-5-14(24)11-16(13)25/h4-5,11-12,26,33H,3,6-10H2,1-2H3. The minimum Gasteiger partial charge on any atom is -0.502 e. The Balaban J connectivity index is 1.56. The summed E-state index contributed by atoms with van der Waals surface area (Å²) in [4.78, 5) is 28.0. The Bertz CT molecular complexity index is 1370. The van der Waals surface area contributed by atoms with Crippen molar-refractivity contribution >= 4 is 17.2 Å². The van der Waals surface area contributed by atoms with Gasteiger partial charge in [0.1, 0.15) is 22.3 Å². The van der Waals surface area contributed by atoms with Gasteiger partial charge in [-0.25, -0.2) is 8.78 Å². The Kier molecular flexibility index (Phi) is 5.80. The Hall–Kier alpha value is -3.38. The first-order valence-electron chi connectivity index (χ1n) is 11.2. The van der Waals surface area contributed by atoms with Crippen molar-refractivity contribution in [3.63, 3.8) is 0 Å². The molecule has 0 bridgehead atoms. The molecule has 2 aliphatic heterocycles. The van der Waals surface area contributed by atoms with Crippen LogP contribution in [0.15, 0.2) is 29.2 Å². The number of fused-ring (bicyclic) bond motifs is 1. The van der Waals surface area contributed by atoms with Gasteiger partial charge in [0.15, 0.2) is 16.5 Å². The lowest BCUT2D eigenvalue weighted by Gasteiger charge is -2.53. The molecular weight excluding hydrogens is 478 g/mol. The summed E-state index contributed by atoms with van der Waals surface area (Å²) >= 11 is 1.07. The van der Waals surface area contributed by atoms with E-state index in [9.17, 15) is 23.5 Å². The average Bonchev–Trinajstić information content (AvgIpc) is 3.15. The second-order valence-electron chi connectivity index (χ2n) is 8.80. The number of hydrogen-bond acceptors (Lipinski definition) is 8. The molecule has 2 aromatic heterocycles. The number of nitrogens with one attached hydrogen (secondary N) is 1. The summed E-state index contributed by atoms with van der Waals surface area (Å²) in [6, 6.07) is 3.30. The number of hydrogen-bond donors (Lipinski definition) is 2. The number of pyridine rings is 1. The molecule has 12 heteroatoms. The number of amides is 1. The molecule has 4 heterocycles. The molecule has 3 aromatic rings. The molecule has 0 radical (unpaired) electrons. The Morgan fingerprint density at radius 2 is 1.97 bits per heavy atom. The van der Waals surface area contributed by atoms with Crippen LogP contribution in [0.4, 0.5) is 8.78 Å². The van der Waals surface area contributed by atoms with Gasteiger partial charge in [-0.15, -0.1) is 10.2 Å². The molecule has 5 rings (SSSR count). The Labute approximate surface area is 203 Å². The molecule has 1 fully saturated rings. The topological polar surface area (TPSA) is 104 Å². The molecule has 2 aliphatic rings. The highest BCUT2D eigenvalue weighted by atomic mass is 32.1. The summed E-state index contributed by atoms with van der Waals surface area (Å²) in [5.74, 6) is -2.46. The van der Waals surface area contributed by atoms with E-state index in [1.807, 2.05) is 12.1 Å². The van der Waals surface area contributed by atoms with Crippen LogP contribution in [0.5, 0.6) is 5.75 Å². The van der Waals surface area contributed by atoms with Gasteiger partial charge in [0.05, 0.1) is 5.56 Å². The van der Waals surface area contributed by atoms with Gasteiger partial charge in [0.2, 0.25) is 5.43 Å². The minimum atomic E-state index is -0.736. The van der Waals surface area contributed by atoms with E-state index in [0.717, 1.165) is 43.0 Å². The molecule has 1 unspecified atom stereocenters. The van der Waals surface area contributed by atoms with Crippen molar-refractivity contribution in [3.8, 4) is 16.3 Å². The number of carbonyl (C=O) groups is 1. The van der Waals surface area contributed by atoms with E-state index in [-0.39, 0.29) is 28.2 Å². The van der Waals surface area contributed by atoms with Gasteiger partial charge in [-0.2, -0.15) is 0 Å². The number of carbonyl (C=O) groups excluding carboxylic acids is 1. The maximum atomic E-state index is 14.1. The van der Waals surface area contributed by atoms with Crippen LogP contribution in [0.3, 0.4) is 0 Å². The van der Waals surface area contributed by atoms with Crippen LogP contribution in [-0.2, 0) is 6.42 Å². The number of aromatic nitrogens is 3. The van der Waals surface area contributed by atoms with E-state index in [4.69, 9.17) is 0 Å². The molecule has 184 valence electrons. The number of halogens is 2. The van der Waals surface area contributed by atoms with Crippen molar-refractivity contribution < 1.29 is 18.7 Å². The summed E-state index contributed by atoms with van der Waals surface area (Å²) in [5, 5.41) is 24.8. The van der Waals surface area contributed by atoms with E-state index in [2.05, 4.69) is 15.5 Å². The van der Waals surface area contributed by atoms with Gasteiger partial charge in [0.25, 0.3) is 5.91 Å². The smallest absolute Gasteiger partial charge is 0.278 e. The maximum absolute atomic E-state index is 14.1. The molecule has 35 heavy (non-hydrogen) atoms. The van der Waals surface area contributed by atoms with Crippen LogP contribution in [0.1, 0.15) is 40.3 Å². The first-order chi connectivity index (χ1) is 16.7. The highest BCUT2D eigenvalue weighted by Crippen LogP contribution is 2.36. The summed E-state index contributed by atoms with van der Waals surface area (Å²) in [5.41, 5.74) is -1.14. The molecule has 9 nitrogen and oxygen atoms in total. The minimum absolute atomic E-state index is 0.0708. The molecule has 2 N–H and O–H groups in total. The fourth-order valence-corrected chi connectivity index (χ4v) is 5.77. The van der Waals surface area contributed by atoms with Crippen LogP contribution in [0, 0.1) is 11.6 Å². The number of benzene rings is 1. The van der Waals surface area contributed by atoms with Gasteiger partial charge < -0.3 is 15.3 Å².